The average Bonchev–Trinajstić information content (AvgIpc) is 1.54. The van der Waals surface area contributed by atoms with E-state index in [0.29, 0.717) is 0 Å². The molecule has 8 nitrogen and oxygen atoms in total. The SMILES string of the molecule is CC(=O)O.CCCCCCCCC1(CCCCCCCC)c2cc(-c3ccc(N(c4ccccc4)c4ccccc4)cc3)sc2-c2sc(-c3ccc4c(c3)C(C)(C)c3cc(/C=C(\C#N)C(=O)O)ccc3-4)cc21.CCCCCCCCC1(CCCCCCCC)c2cc(-c3ccc(N(c4ccccc4)c4ccccc4)cc3)sc2-c2sc(-c3ccc4c(c3)C(C)(C)c3cc(C=O)ccc3-4)cc21. The van der Waals surface area contributed by atoms with E-state index in [0.717, 1.165) is 64.0 Å². The zero-order chi connectivity index (χ0) is 94.2. The molecule has 12 heteroatoms. The minimum Gasteiger partial charge on any atom is -0.481 e. The lowest BCUT2D eigenvalue weighted by Gasteiger charge is -2.31. The van der Waals surface area contributed by atoms with Crippen molar-refractivity contribution in [2.45, 2.75) is 264 Å². The highest BCUT2D eigenvalue weighted by atomic mass is 32.1. The number of anilines is 6. The largest absolute Gasteiger partial charge is 0.481 e. The normalized spacial score (nSPS) is 13.7. The first-order chi connectivity index (χ1) is 65.7. The summed E-state index contributed by atoms with van der Waals surface area (Å²) in [7, 11) is 0. The fourth-order valence-electron chi connectivity index (χ4n) is 21.7. The topological polar surface area (TPSA) is 122 Å². The molecule has 4 aromatic heterocycles. The van der Waals surface area contributed by atoms with E-state index in [2.05, 4.69) is 320 Å². The number of carboxylic acid groups (broad SMARTS) is 2. The Labute approximate surface area is 818 Å². The molecule has 0 saturated heterocycles. The molecule has 4 aliphatic rings. The van der Waals surface area contributed by atoms with E-state index in [1.165, 1.54) is 286 Å². The molecule has 0 spiro atoms. The van der Waals surface area contributed by atoms with Crippen LogP contribution >= 0.6 is 45.3 Å². The molecule has 2 N–H and O–H groups in total. The molecule has 135 heavy (non-hydrogen) atoms. The van der Waals surface area contributed by atoms with Gasteiger partial charge in [0.15, 0.2) is 0 Å². The molecule has 0 amide bonds. The van der Waals surface area contributed by atoms with Crippen molar-refractivity contribution in [1.29, 1.82) is 5.26 Å². The summed E-state index contributed by atoms with van der Waals surface area (Å²) in [6, 6.07) is 100. The van der Waals surface area contributed by atoms with Gasteiger partial charge in [0.2, 0.25) is 0 Å². The highest BCUT2D eigenvalue weighted by Crippen LogP contribution is 2.65. The van der Waals surface area contributed by atoms with E-state index in [1.54, 1.807) is 22.3 Å². The first-order valence-electron chi connectivity index (χ1n) is 49.9. The van der Waals surface area contributed by atoms with Crippen molar-refractivity contribution in [2.24, 2.45) is 0 Å². The van der Waals surface area contributed by atoms with Gasteiger partial charge in [-0.1, -0.05) is 361 Å². The summed E-state index contributed by atoms with van der Waals surface area (Å²) in [5.41, 5.74) is 29.1. The zero-order valence-corrected chi connectivity index (χ0v) is 83.7. The second kappa shape index (κ2) is 44.1. The number of nitrogens with zero attached hydrogens (tertiary/aromatic N) is 3. The Morgan fingerprint density at radius 3 is 0.859 bits per heavy atom. The predicted molar refractivity (Wildman–Crippen MR) is 575 cm³/mol. The Bertz CT molecular complexity index is 6380. The summed E-state index contributed by atoms with van der Waals surface area (Å²) in [5.74, 6) is -2.04. The summed E-state index contributed by atoms with van der Waals surface area (Å²) < 4.78 is 0. The van der Waals surface area contributed by atoms with Gasteiger partial charge in [-0.25, -0.2) is 4.79 Å². The number of carboxylic acids is 2. The Kier molecular flexibility index (Phi) is 31.5. The number of rotatable bonds is 41. The van der Waals surface area contributed by atoms with Crippen molar-refractivity contribution in [2.75, 3.05) is 9.80 Å². The lowest BCUT2D eigenvalue weighted by molar-refractivity contribution is -0.134. The molecule has 692 valence electrons. The van der Waals surface area contributed by atoms with Gasteiger partial charge in [0.25, 0.3) is 5.97 Å². The Balaban J connectivity index is 0.000000189. The molecule has 0 unspecified atom stereocenters. The third-order valence-corrected chi connectivity index (χ3v) is 33.9. The summed E-state index contributed by atoms with van der Waals surface area (Å²) in [6.45, 7) is 19.5. The molecule has 0 aliphatic heterocycles. The molecular weight excluding hydrogens is 1730 g/mol. The van der Waals surface area contributed by atoms with Crippen LogP contribution in [0.2, 0.25) is 0 Å². The van der Waals surface area contributed by atoms with Crippen molar-refractivity contribution >= 4 is 104 Å². The fourth-order valence-corrected chi connectivity index (χ4v) is 27.1. The number of hydrogen-bond donors (Lipinski definition) is 2. The summed E-state index contributed by atoms with van der Waals surface area (Å²) in [5, 5.41) is 26.5. The maximum absolute atomic E-state index is 11.8. The third kappa shape index (κ3) is 20.8. The molecule has 0 bridgehead atoms. The van der Waals surface area contributed by atoms with Crippen LogP contribution in [0.4, 0.5) is 34.1 Å². The highest BCUT2D eigenvalue weighted by molar-refractivity contribution is 7.26. The van der Waals surface area contributed by atoms with E-state index >= 15 is 0 Å². The van der Waals surface area contributed by atoms with Gasteiger partial charge in [0.05, 0.1) is 0 Å². The van der Waals surface area contributed by atoms with Crippen molar-refractivity contribution in [3.63, 3.8) is 0 Å². The molecule has 4 heterocycles. The molecule has 0 saturated carbocycles. The fraction of sp³-hybridized carbons (Fsp3) is 0.333. The molecule has 14 aromatic rings. The second-order valence-electron chi connectivity index (χ2n) is 38.7. The van der Waals surface area contributed by atoms with Gasteiger partial charge in [0.1, 0.15) is 17.9 Å². The Hall–Kier alpha value is -11.6. The molecule has 0 radical (unpaired) electrons. The van der Waals surface area contributed by atoms with Gasteiger partial charge < -0.3 is 20.0 Å². The molecule has 4 aliphatic carbocycles. The number of carbonyl (C=O) groups excluding carboxylic acids is 1. The standard InChI is InChI=1S/C62H64N2O2S2.C59H63NOS2.C2H4O2/c1-5-7-9-11-13-21-35-62(36-22-14-12-10-8-6-2)54-40-56(44-28-31-49(32-29-44)64(47-23-17-15-18-24-47)48-25-19-16-20-26-48)67-58(54)59-55(62)41-57(68-59)45-30-34-51-50-33-27-43(37-46(42-63)60(65)66)38-52(50)61(3,4)53(51)39-45;1-5-7-9-11-13-21-35-59(36-22-14-12-10-8-6-2)52-39-54(43-28-31-47(32-29-43)60(45-23-17-15-18-24-45)46-25-19-16-20-26-46)62-56(52)57-53(59)40-55(63-57)44-30-34-49-48-33-27-42(41-61)37-50(48)58(3,4)51(49)38-44;1-2(3)4/h15-20,23-34,37-41H,5-14,21-22,35-36H2,1-4H3,(H,65,66);15-20,23-34,37-41H,5-14,21-22,35-36H2,1-4H3;1H3,(H,3,4)/b46-37+;;. The zero-order valence-electron chi connectivity index (χ0n) is 80.5. The lowest BCUT2D eigenvalue weighted by atomic mass is 9.71. The maximum Gasteiger partial charge on any atom is 0.346 e. The maximum atomic E-state index is 11.8. The van der Waals surface area contributed by atoms with Crippen LogP contribution in [-0.2, 0) is 31.2 Å². The number of aldehydes is 1. The number of benzene rings is 10. The van der Waals surface area contributed by atoms with Gasteiger partial charge in [-0.05, 0) is 242 Å². The molecular formula is C123H131N3O5S4. The van der Waals surface area contributed by atoms with Crippen molar-refractivity contribution in [1.82, 2.24) is 0 Å². The van der Waals surface area contributed by atoms with Gasteiger partial charge in [-0.15, -0.1) is 45.3 Å². The van der Waals surface area contributed by atoms with E-state index in [1.807, 2.05) is 63.5 Å². The van der Waals surface area contributed by atoms with Crippen LogP contribution in [0.3, 0.4) is 0 Å². The molecule has 10 aromatic carbocycles. The second-order valence-corrected chi connectivity index (χ2v) is 43.0. The van der Waals surface area contributed by atoms with Crippen molar-refractivity contribution in [3.8, 4) is 89.6 Å². The number of hydrogen-bond acceptors (Lipinski definition) is 10. The summed E-state index contributed by atoms with van der Waals surface area (Å²) >= 11 is 8.02. The van der Waals surface area contributed by atoms with Crippen LogP contribution in [0.15, 0.2) is 272 Å². The van der Waals surface area contributed by atoms with E-state index < -0.39 is 11.9 Å². The first-order valence-corrected chi connectivity index (χ1v) is 53.2. The van der Waals surface area contributed by atoms with Crippen LogP contribution in [0.1, 0.15) is 303 Å². The number of unbranched alkanes of at least 4 members (excludes halogenated alkanes) is 20. The monoisotopic (exact) mass is 1860 g/mol. The minimum atomic E-state index is -1.21. The van der Waals surface area contributed by atoms with Crippen LogP contribution in [0.25, 0.3) is 89.6 Å². The lowest BCUT2D eigenvalue weighted by Crippen LogP contribution is -2.25. The average molecular weight is 1860 g/mol. The van der Waals surface area contributed by atoms with E-state index in [9.17, 15) is 20.0 Å². The van der Waals surface area contributed by atoms with Crippen LogP contribution in [0.5, 0.6) is 0 Å². The van der Waals surface area contributed by atoms with Crippen LogP contribution in [0, 0.1) is 11.3 Å². The minimum absolute atomic E-state index is 0.0184. The van der Waals surface area contributed by atoms with Gasteiger partial charge in [0, 0.05) is 107 Å². The van der Waals surface area contributed by atoms with Crippen molar-refractivity contribution in [3.05, 3.63) is 328 Å². The number of aliphatic carboxylic acids is 2. The summed E-state index contributed by atoms with van der Waals surface area (Å²) in [6.07, 6.45) is 38.5. The Morgan fingerprint density at radius 1 is 0.319 bits per heavy atom. The van der Waals surface area contributed by atoms with Crippen LogP contribution in [-0.4, -0.2) is 28.4 Å². The van der Waals surface area contributed by atoms with E-state index in [-0.39, 0.29) is 27.2 Å². The third-order valence-electron chi connectivity index (χ3n) is 28.9. The number of thiophene rings is 4. The molecule has 0 fully saturated rings. The number of para-hydroxylation sites is 4. The quantitative estimate of drug-likeness (QED) is 0.0168. The highest BCUT2D eigenvalue weighted by Gasteiger charge is 2.48. The summed E-state index contributed by atoms with van der Waals surface area (Å²) in [4.78, 5) is 48.6. The number of nitriles is 1. The predicted octanol–water partition coefficient (Wildman–Crippen LogP) is 37.3. The molecule has 18 rings (SSSR count). The molecule has 0 atom stereocenters. The van der Waals surface area contributed by atoms with Gasteiger partial charge >= 0.3 is 5.97 Å². The van der Waals surface area contributed by atoms with Crippen LogP contribution < -0.4 is 9.80 Å². The Morgan fingerprint density at radius 2 is 0.570 bits per heavy atom. The van der Waals surface area contributed by atoms with Gasteiger partial charge in [-0.3, -0.25) is 9.59 Å². The van der Waals surface area contributed by atoms with Crippen molar-refractivity contribution < 1.29 is 24.6 Å². The van der Waals surface area contributed by atoms with E-state index in [4.69, 9.17) is 9.90 Å². The number of carbonyl (C=O) groups is 3. The first kappa shape index (κ1) is 96.6. The number of fused-ring (bicyclic) bond motifs is 12. The van der Waals surface area contributed by atoms with Gasteiger partial charge in [-0.2, -0.15) is 5.26 Å². The smallest absolute Gasteiger partial charge is 0.346 e.